The fourth-order valence-electron chi connectivity index (χ4n) is 2.32. The summed E-state index contributed by atoms with van der Waals surface area (Å²) in [6.07, 6.45) is 0.592. The molecule has 0 saturated heterocycles. The number of nitrogens with zero attached hydrogens (tertiary/aromatic N) is 1. The number of rotatable bonds is 7. The molecule has 0 spiro atoms. The molecule has 0 aromatic heterocycles. The predicted molar refractivity (Wildman–Crippen MR) is 86.7 cm³/mol. The van der Waals surface area contributed by atoms with E-state index in [-0.39, 0.29) is 12.5 Å². The van der Waals surface area contributed by atoms with E-state index < -0.39 is 5.97 Å². The molecule has 120 valence electrons. The van der Waals surface area contributed by atoms with Crippen molar-refractivity contribution in [3.8, 4) is 5.75 Å². The number of carboxylic acid groups (broad SMARTS) is 1. The fourth-order valence-corrected chi connectivity index (χ4v) is 2.32. The van der Waals surface area contributed by atoms with E-state index in [9.17, 15) is 9.59 Å². The van der Waals surface area contributed by atoms with Gasteiger partial charge in [-0.15, -0.1) is 0 Å². The Morgan fingerprint density at radius 2 is 1.70 bits per heavy atom. The number of carboxylic acids is 1. The van der Waals surface area contributed by atoms with Gasteiger partial charge in [0, 0.05) is 6.54 Å². The van der Waals surface area contributed by atoms with Gasteiger partial charge in [-0.1, -0.05) is 42.5 Å². The Hall–Kier alpha value is -2.82. The van der Waals surface area contributed by atoms with Gasteiger partial charge in [0.1, 0.15) is 12.3 Å². The Kier molecular flexibility index (Phi) is 5.74. The molecule has 0 bridgehead atoms. The number of amides is 1. The van der Waals surface area contributed by atoms with E-state index in [1.165, 1.54) is 12.0 Å². The van der Waals surface area contributed by atoms with E-state index in [0.717, 1.165) is 5.56 Å². The number of hydrogen-bond donors (Lipinski definition) is 1. The molecule has 2 aromatic rings. The fraction of sp³-hybridized carbons (Fsp3) is 0.222. The van der Waals surface area contributed by atoms with Crippen LogP contribution in [0.1, 0.15) is 15.9 Å². The Bertz CT molecular complexity index is 670. The van der Waals surface area contributed by atoms with Crippen molar-refractivity contribution in [3.63, 3.8) is 0 Å². The molecule has 0 atom stereocenters. The van der Waals surface area contributed by atoms with Crippen LogP contribution in [0.4, 0.5) is 0 Å². The molecular formula is C18H19NO4. The first-order chi connectivity index (χ1) is 11.1. The monoisotopic (exact) mass is 313 g/mol. The minimum atomic E-state index is -1.04. The molecule has 1 N–H and O–H groups in total. The molecule has 0 saturated carbocycles. The van der Waals surface area contributed by atoms with Crippen LogP contribution in [0.5, 0.6) is 5.75 Å². The zero-order chi connectivity index (χ0) is 16.7. The molecule has 0 aliphatic rings. The van der Waals surface area contributed by atoms with Gasteiger partial charge in [0.2, 0.25) is 0 Å². The second-order valence-electron chi connectivity index (χ2n) is 5.06. The van der Waals surface area contributed by atoms with E-state index in [2.05, 4.69) is 0 Å². The van der Waals surface area contributed by atoms with Gasteiger partial charge in [-0.05, 0) is 24.1 Å². The van der Waals surface area contributed by atoms with Crippen LogP contribution in [-0.2, 0) is 11.2 Å². The van der Waals surface area contributed by atoms with Crippen molar-refractivity contribution in [2.24, 2.45) is 0 Å². The third-order valence-electron chi connectivity index (χ3n) is 3.46. The van der Waals surface area contributed by atoms with Crippen molar-refractivity contribution >= 4 is 11.9 Å². The first kappa shape index (κ1) is 16.5. The second kappa shape index (κ2) is 7.98. The van der Waals surface area contributed by atoms with Gasteiger partial charge in [0.25, 0.3) is 5.91 Å². The standard InChI is InChI=1S/C18H19NO4/c1-23-16-10-6-5-9-15(16)18(22)19(13-17(20)21)12-11-14-7-3-2-4-8-14/h2-10H,11-13H2,1H3,(H,20,21). The molecule has 2 rings (SSSR count). The number of carbonyl (C=O) groups is 2. The lowest BCUT2D eigenvalue weighted by molar-refractivity contribution is -0.137. The first-order valence-corrected chi connectivity index (χ1v) is 7.30. The highest BCUT2D eigenvalue weighted by molar-refractivity contribution is 5.98. The summed E-state index contributed by atoms with van der Waals surface area (Å²) in [5, 5.41) is 9.08. The number of benzene rings is 2. The van der Waals surface area contributed by atoms with Gasteiger partial charge in [-0.25, -0.2) is 0 Å². The summed E-state index contributed by atoms with van der Waals surface area (Å²) in [5.74, 6) is -0.949. The van der Waals surface area contributed by atoms with Crippen LogP contribution in [0.2, 0.25) is 0 Å². The molecule has 23 heavy (non-hydrogen) atoms. The Balaban J connectivity index is 2.16. The number of hydrogen-bond acceptors (Lipinski definition) is 3. The maximum atomic E-state index is 12.7. The lowest BCUT2D eigenvalue weighted by Crippen LogP contribution is -2.37. The lowest BCUT2D eigenvalue weighted by atomic mass is 10.1. The Labute approximate surface area is 135 Å². The average molecular weight is 313 g/mol. The average Bonchev–Trinajstić information content (AvgIpc) is 2.58. The van der Waals surface area contributed by atoms with Crippen molar-refractivity contribution in [2.45, 2.75) is 6.42 Å². The zero-order valence-corrected chi connectivity index (χ0v) is 12.9. The van der Waals surface area contributed by atoms with Crippen LogP contribution >= 0.6 is 0 Å². The maximum Gasteiger partial charge on any atom is 0.323 e. The topological polar surface area (TPSA) is 66.8 Å². The number of para-hydroxylation sites is 1. The summed E-state index contributed by atoms with van der Waals surface area (Å²) in [7, 11) is 1.48. The number of aliphatic carboxylic acids is 1. The van der Waals surface area contributed by atoms with Crippen LogP contribution < -0.4 is 4.74 Å². The molecule has 0 heterocycles. The van der Waals surface area contributed by atoms with E-state index >= 15 is 0 Å². The molecule has 5 nitrogen and oxygen atoms in total. The van der Waals surface area contributed by atoms with E-state index in [1.807, 2.05) is 30.3 Å². The van der Waals surface area contributed by atoms with Crippen LogP contribution in [0, 0.1) is 0 Å². The smallest absolute Gasteiger partial charge is 0.323 e. The molecule has 2 aromatic carbocycles. The summed E-state index contributed by atoms with van der Waals surface area (Å²) >= 11 is 0. The summed E-state index contributed by atoms with van der Waals surface area (Å²) in [6, 6.07) is 16.5. The maximum absolute atomic E-state index is 12.7. The van der Waals surface area contributed by atoms with Crippen LogP contribution in [-0.4, -0.2) is 42.1 Å². The molecule has 0 aliphatic heterocycles. The van der Waals surface area contributed by atoms with Gasteiger partial charge in [0.05, 0.1) is 12.7 Å². The minimum absolute atomic E-state index is 0.327. The minimum Gasteiger partial charge on any atom is -0.496 e. The van der Waals surface area contributed by atoms with Crippen molar-refractivity contribution in [3.05, 3.63) is 65.7 Å². The van der Waals surface area contributed by atoms with Gasteiger partial charge in [0.15, 0.2) is 0 Å². The summed E-state index contributed by atoms with van der Waals surface area (Å²) in [5.41, 5.74) is 1.42. The number of methoxy groups -OCH3 is 1. The third-order valence-corrected chi connectivity index (χ3v) is 3.46. The van der Waals surface area contributed by atoms with Crippen LogP contribution in [0.3, 0.4) is 0 Å². The predicted octanol–water partition coefficient (Wildman–Crippen LogP) is 2.46. The molecule has 0 aliphatic carbocycles. The SMILES string of the molecule is COc1ccccc1C(=O)N(CCc1ccccc1)CC(=O)O. The largest absolute Gasteiger partial charge is 0.496 e. The quantitative estimate of drug-likeness (QED) is 0.852. The van der Waals surface area contributed by atoms with Gasteiger partial charge in [-0.3, -0.25) is 9.59 Å². The number of carbonyl (C=O) groups excluding carboxylic acids is 1. The van der Waals surface area contributed by atoms with Crippen molar-refractivity contribution in [1.29, 1.82) is 0 Å². The van der Waals surface area contributed by atoms with E-state index in [4.69, 9.17) is 9.84 Å². The molecule has 0 fully saturated rings. The summed E-state index contributed by atoms with van der Waals surface area (Å²) in [6.45, 7) is -0.0170. The molecule has 5 heteroatoms. The molecule has 0 unspecified atom stereocenters. The van der Waals surface area contributed by atoms with Crippen LogP contribution in [0.15, 0.2) is 54.6 Å². The second-order valence-corrected chi connectivity index (χ2v) is 5.06. The lowest BCUT2D eigenvalue weighted by Gasteiger charge is -2.22. The number of ether oxygens (including phenoxy) is 1. The van der Waals surface area contributed by atoms with Crippen molar-refractivity contribution in [1.82, 2.24) is 4.90 Å². The highest BCUT2D eigenvalue weighted by Gasteiger charge is 2.21. The van der Waals surface area contributed by atoms with Crippen molar-refractivity contribution < 1.29 is 19.4 Å². The van der Waals surface area contributed by atoms with E-state index in [1.54, 1.807) is 24.3 Å². The van der Waals surface area contributed by atoms with Crippen molar-refractivity contribution in [2.75, 3.05) is 20.2 Å². The van der Waals surface area contributed by atoms with Gasteiger partial charge >= 0.3 is 5.97 Å². The van der Waals surface area contributed by atoms with Gasteiger partial charge < -0.3 is 14.7 Å². The van der Waals surface area contributed by atoms with Gasteiger partial charge in [-0.2, -0.15) is 0 Å². The highest BCUT2D eigenvalue weighted by Crippen LogP contribution is 2.19. The molecular weight excluding hydrogens is 294 g/mol. The Morgan fingerprint density at radius 3 is 2.35 bits per heavy atom. The normalized spacial score (nSPS) is 10.1. The first-order valence-electron chi connectivity index (χ1n) is 7.30. The third kappa shape index (κ3) is 4.57. The molecule has 1 amide bonds. The summed E-state index contributed by atoms with van der Waals surface area (Å²) in [4.78, 5) is 25.1. The Morgan fingerprint density at radius 1 is 1.04 bits per heavy atom. The zero-order valence-electron chi connectivity index (χ0n) is 12.9. The highest BCUT2D eigenvalue weighted by atomic mass is 16.5. The van der Waals surface area contributed by atoms with E-state index in [0.29, 0.717) is 24.3 Å². The summed E-state index contributed by atoms with van der Waals surface area (Å²) < 4.78 is 5.19. The van der Waals surface area contributed by atoms with Crippen LogP contribution in [0.25, 0.3) is 0 Å². The molecule has 0 radical (unpaired) electrons.